The van der Waals surface area contributed by atoms with Crippen LogP contribution in [0.1, 0.15) is 31.6 Å². The second-order valence-corrected chi connectivity index (χ2v) is 7.88. The summed E-state index contributed by atoms with van der Waals surface area (Å²) in [6, 6.07) is 0.584. The molecule has 0 saturated carbocycles. The maximum absolute atomic E-state index is 11.3. The quantitative estimate of drug-likeness (QED) is 0.754. The molecule has 2 fully saturated rings. The SMILES string of the molecule is COC(=O)CCc1cnc(N2CC[C@H](N3C[C@@H](C)O[C@@H](C)C3)C2)s1. The van der Waals surface area contributed by atoms with Crippen LogP contribution in [0.2, 0.25) is 0 Å². The smallest absolute Gasteiger partial charge is 0.305 e. The highest BCUT2D eigenvalue weighted by Gasteiger charge is 2.33. The van der Waals surface area contributed by atoms with Gasteiger partial charge in [-0.2, -0.15) is 0 Å². The Morgan fingerprint density at radius 3 is 2.83 bits per heavy atom. The number of methoxy groups -OCH3 is 1. The van der Waals surface area contributed by atoms with E-state index in [0.29, 0.717) is 31.1 Å². The molecule has 0 aromatic carbocycles. The zero-order valence-electron chi connectivity index (χ0n) is 14.7. The Kier molecular flexibility index (Phi) is 5.73. The Bertz CT molecular complexity index is 555. The van der Waals surface area contributed by atoms with Gasteiger partial charge in [-0.1, -0.05) is 0 Å². The highest BCUT2D eigenvalue weighted by molar-refractivity contribution is 7.15. The number of hydrogen-bond acceptors (Lipinski definition) is 7. The second kappa shape index (κ2) is 7.80. The van der Waals surface area contributed by atoms with Crippen LogP contribution in [-0.2, 0) is 20.7 Å². The van der Waals surface area contributed by atoms with Crippen molar-refractivity contribution >= 4 is 22.4 Å². The molecule has 0 spiro atoms. The molecule has 0 bridgehead atoms. The zero-order chi connectivity index (χ0) is 17.1. The number of anilines is 1. The van der Waals surface area contributed by atoms with Crippen LogP contribution in [0.15, 0.2) is 6.20 Å². The van der Waals surface area contributed by atoms with E-state index in [4.69, 9.17) is 9.47 Å². The predicted octanol–water partition coefficient (Wildman–Crippen LogP) is 1.94. The maximum atomic E-state index is 11.3. The van der Waals surface area contributed by atoms with E-state index in [9.17, 15) is 4.79 Å². The highest BCUT2D eigenvalue weighted by atomic mass is 32.1. The van der Waals surface area contributed by atoms with E-state index in [1.165, 1.54) is 13.5 Å². The monoisotopic (exact) mass is 353 g/mol. The molecule has 24 heavy (non-hydrogen) atoms. The zero-order valence-corrected chi connectivity index (χ0v) is 15.6. The topological polar surface area (TPSA) is 54.9 Å². The molecule has 0 radical (unpaired) electrons. The minimum Gasteiger partial charge on any atom is -0.469 e. The van der Waals surface area contributed by atoms with Crippen molar-refractivity contribution in [1.82, 2.24) is 9.88 Å². The summed E-state index contributed by atoms with van der Waals surface area (Å²) in [7, 11) is 1.43. The molecule has 0 amide bonds. The van der Waals surface area contributed by atoms with E-state index in [1.54, 1.807) is 11.3 Å². The van der Waals surface area contributed by atoms with Gasteiger partial charge in [0, 0.05) is 43.3 Å². The van der Waals surface area contributed by atoms with Crippen molar-refractivity contribution in [3.63, 3.8) is 0 Å². The first-order valence-electron chi connectivity index (χ1n) is 8.71. The molecule has 3 rings (SSSR count). The minimum absolute atomic E-state index is 0.165. The number of thiazole rings is 1. The van der Waals surface area contributed by atoms with Gasteiger partial charge in [-0.3, -0.25) is 9.69 Å². The molecule has 134 valence electrons. The number of carbonyl (C=O) groups is 1. The van der Waals surface area contributed by atoms with Crippen molar-refractivity contribution in [2.75, 3.05) is 38.2 Å². The van der Waals surface area contributed by atoms with Crippen LogP contribution in [-0.4, -0.2) is 67.4 Å². The van der Waals surface area contributed by atoms with Crippen LogP contribution in [0.4, 0.5) is 5.13 Å². The summed E-state index contributed by atoms with van der Waals surface area (Å²) in [4.78, 5) is 21.9. The summed E-state index contributed by atoms with van der Waals surface area (Å²) >= 11 is 1.70. The van der Waals surface area contributed by atoms with Gasteiger partial charge in [0.25, 0.3) is 0 Å². The van der Waals surface area contributed by atoms with Crippen molar-refractivity contribution < 1.29 is 14.3 Å². The van der Waals surface area contributed by atoms with E-state index in [-0.39, 0.29) is 5.97 Å². The number of nitrogens with zero attached hydrogens (tertiary/aromatic N) is 3. The summed E-state index contributed by atoms with van der Waals surface area (Å²) in [5.41, 5.74) is 0. The average Bonchev–Trinajstić information content (AvgIpc) is 3.20. The second-order valence-electron chi connectivity index (χ2n) is 6.79. The third-order valence-corrected chi connectivity index (χ3v) is 5.86. The van der Waals surface area contributed by atoms with Gasteiger partial charge < -0.3 is 14.4 Å². The van der Waals surface area contributed by atoms with Crippen LogP contribution < -0.4 is 4.90 Å². The maximum Gasteiger partial charge on any atom is 0.305 e. The molecule has 2 aliphatic heterocycles. The van der Waals surface area contributed by atoms with Crippen LogP contribution >= 0.6 is 11.3 Å². The number of rotatable bonds is 5. The van der Waals surface area contributed by atoms with Crippen LogP contribution in [0.5, 0.6) is 0 Å². The summed E-state index contributed by atoms with van der Waals surface area (Å²) in [6.07, 6.45) is 4.83. The number of esters is 1. The van der Waals surface area contributed by atoms with Gasteiger partial charge in [0.2, 0.25) is 0 Å². The first-order valence-corrected chi connectivity index (χ1v) is 9.52. The molecule has 3 heterocycles. The third kappa shape index (κ3) is 4.26. The van der Waals surface area contributed by atoms with Gasteiger partial charge in [-0.05, 0) is 26.7 Å². The van der Waals surface area contributed by atoms with E-state index < -0.39 is 0 Å². The Balaban J connectivity index is 1.54. The van der Waals surface area contributed by atoms with Gasteiger partial charge in [0.05, 0.1) is 25.7 Å². The fourth-order valence-electron chi connectivity index (χ4n) is 3.62. The fraction of sp³-hybridized carbons (Fsp3) is 0.765. The van der Waals surface area contributed by atoms with Crippen LogP contribution in [0.25, 0.3) is 0 Å². The first kappa shape index (κ1) is 17.6. The molecule has 0 aliphatic carbocycles. The molecule has 0 unspecified atom stereocenters. The van der Waals surface area contributed by atoms with E-state index in [0.717, 1.165) is 36.2 Å². The van der Waals surface area contributed by atoms with Gasteiger partial charge >= 0.3 is 5.97 Å². The number of aromatic nitrogens is 1. The van der Waals surface area contributed by atoms with Gasteiger partial charge in [-0.25, -0.2) is 4.98 Å². The summed E-state index contributed by atoms with van der Waals surface area (Å²) in [5, 5.41) is 1.08. The molecule has 6 nitrogen and oxygen atoms in total. The van der Waals surface area contributed by atoms with Crippen molar-refractivity contribution in [2.24, 2.45) is 0 Å². The normalized spacial score (nSPS) is 28.3. The lowest BCUT2D eigenvalue weighted by Crippen LogP contribution is -2.50. The summed E-state index contributed by atoms with van der Waals surface area (Å²) < 4.78 is 10.5. The standard InChI is InChI=1S/C17H27N3O3S/c1-12-9-20(10-13(2)23-12)14-6-7-19(11-14)17-18-8-15(24-17)4-5-16(21)22-3/h8,12-14H,4-7,9-11H2,1-3H3/t12-,13+,14-/m0/s1. The molecule has 0 N–H and O–H groups in total. The Labute approximate surface area is 147 Å². The number of ether oxygens (including phenoxy) is 2. The lowest BCUT2D eigenvalue weighted by molar-refractivity contribution is -0.140. The van der Waals surface area contributed by atoms with Gasteiger partial charge in [0.1, 0.15) is 0 Å². The molecule has 1 aromatic rings. The molecular formula is C17H27N3O3S. The fourth-order valence-corrected chi connectivity index (χ4v) is 4.56. The average molecular weight is 353 g/mol. The molecule has 1 aromatic heterocycles. The van der Waals surface area contributed by atoms with Crippen molar-refractivity contribution in [3.8, 4) is 0 Å². The third-order valence-electron chi connectivity index (χ3n) is 4.74. The van der Waals surface area contributed by atoms with Crippen molar-refractivity contribution in [3.05, 3.63) is 11.1 Å². The predicted molar refractivity (Wildman–Crippen MR) is 94.7 cm³/mol. The van der Waals surface area contributed by atoms with E-state index in [2.05, 4.69) is 28.6 Å². The van der Waals surface area contributed by atoms with Crippen molar-refractivity contribution in [1.29, 1.82) is 0 Å². The highest BCUT2D eigenvalue weighted by Crippen LogP contribution is 2.29. The molecular weight excluding hydrogens is 326 g/mol. The van der Waals surface area contributed by atoms with Crippen LogP contribution in [0, 0.1) is 0 Å². The Morgan fingerprint density at radius 1 is 1.38 bits per heavy atom. The summed E-state index contributed by atoms with van der Waals surface area (Å²) in [6.45, 7) is 8.43. The van der Waals surface area contributed by atoms with Gasteiger partial charge in [-0.15, -0.1) is 11.3 Å². The molecule has 2 aliphatic rings. The summed E-state index contributed by atoms with van der Waals surface area (Å²) in [5.74, 6) is -0.165. The number of hydrogen-bond donors (Lipinski definition) is 0. The molecule has 3 atom stereocenters. The molecule has 2 saturated heterocycles. The number of carbonyl (C=O) groups excluding carboxylic acids is 1. The largest absolute Gasteiger partial charge is 0.469 e. The first-order chi connectivity index (χ1) is 11.5. The number of aryl methyl sites for hydroxylation is 1. The lowest BCUT2D eigenvalue weighted by atomic mass is 10.1. The van der Waals surface area contributed by atoms with E-state index in [1.807, 2.05) is 6.20 Å². The Morgan fingerprint density at radius 2 is 2.12 bits per heavy atom. The van der Waals surface area contributed by atoms with Crippen LogP contribution in [0.3, 0.4) is 0 Å². The van der Waals surface area contributed by atoms with E-state index >= 15 is 0 Å². The number of morpholine rings is 1. The lowest BCUT2D eigenvalue weighted by Gasteiger charge is -2.38. The molecule has 7 heteroatoms. The van der Waals surface area contributed by atoms with Crippen molar-refractivity contribution in [2.45, 2.75) is 51.4 Å². The Hall–Kier alpha value is -1.18. The minimum atomic E-state index is -0.165. The van der Waals surface area contributed by atoms with Gasteiger partial charge in [0.15, 0.2) is 5.13 Å².